The number of hydrogen-bond acceptors (Lipinski definition) is 4. The Kier molecular flexibility index (Phi) is 4.28. The molecule has 1 saturated heterocycles. The smallest absolute Gasteiger partial charge is 0.283 e. The van der Waals surface area contributed by atoms with Crippen LogP contribution in [0, 0.1) is 22.0 Å². The molecule has 3 atom stereocenters. The van der Waals surface area contributed by atoms with Crippen LogP contribution >= 0.6 is 15.9 Å². The SMILES string of the molecule is NC1CCCC2CN(Cc3cccc([N+](=O)[O-])c3Br)CC12. The molecule has 0 aromatic heterocycles. The average molecular weight is 354 g/mol. The Morgan fingerprint density at radius 1 is 1.38 bits per heavy atom. The highest BCUT2D eigenvalue weighted by Crippen LogP contribution is 2.37. The molecule has 1 aromatic rings. The maximum Gasteiger partial charge on any atom is 0.283 e. The van der Waals surface area contributed by atoms with Gasteiger partial charge in [-0.15, -0.1) is 0 Å². The van der Waals surface area contributed by atoms with Gasteiger partial charge < -0.3 is 5.73 Å². The molecular weight excluding hydrogens is 334 g/mol. The van der Waals surface area contributed by atoms with Gasteiger partial charge in [0, 0.05) is 31.7 Å². The fourth-order valence-corrected chi connectivity index (χ4v) is 4.34. The average Bonchev–Trinajstić information content (AvgIpc) is 2.85. The second-order valence-electron chi connectivity index (χ2n) is 6.22. The van der Waals surface area contributed by atoms with E-state index >= 15 is 0 Å². The summed E-state index contributed by atoms with van der Waals surface area (Å²) >= 11 is 3.38. The maximum atomic E-state index is 11.0. The van der Waals surface area contributed by atoms with Crippen LogP contribution in [0.3, 0.4) is 0 Å². The molecule has 1 aromatic carbocycles. The van der Waals surface area contributed by atoms with E-state index in [1.54, 1.807) is 6.07 Å². The van der Waals surface area contributed by atoms with Gasteiger partial charge >= 0.3 is 0 Å². The zero-order valence-electron chi connectivity index (χ0n) is 11.9. The van der Waals surface area contributed by atoms with Crippen LogP contribution in [0.5, 0.6) is 0 Å². The number of likely N-dealkylation sites (tertiary alicyclic amines) is 1. The van der Waals surface area contributed by atoms with Crippen LogP contribution in [0.1, 0.15) is 24.8 Å². The molecule has 5 nitrogen and oxygen atoms in total. The minimum Gasteiger partial charge on any atom is -0.327 e. The fourth-order valence-electron chi connectivity index (χ4n) is 3.81. The maximum absolute atomic E-state index is 11.0. The molecule has 21 heavy (non-hydrogen) atoms. The summed E-state index contributed by atoms with van der Waals surface area (Å²) < 4.78 is 0.606. The zero-order chi connectivity index (χ0) is 15.0. The molecule has 114 valence electrons. The predicted octanol–water partition coefficient (Wildman–Crippen LogP) is 2.92. The molecule has 1 saturated carbocycles. The number of benzene rings is 1. The van der Waals surface area contributed by atoms with Gasteiger partial charge in [-0.25, -0.2) is 0 Å². The van der Waals surface area contributed by atoms with Gasteiger partial charge in [-0.2, -0.15) is 0 Å². The highest BCUT2D eigenvalue weighted by atomic mass is 79.9. The topological polar surface area (TPSA) is 72.4 Å². The van der Waals surface area contributed by atoms with Crippen molar-refractivity contribution in [2.45, 2.75) is 31.8 Å². The largest absolute Gasteiger partial charge is 0.327 e. The Morgan fingerprint density at radius 3 is 2.90 bits per heavy atom. The van der Waals surface area contributed by atoms with Crippen molar-refractivity contribution < 1.29 is 4.92 Å². The predicted molar refractivity (Wildman–Crippen MR) is 84.9 cm³/mol. The van der Waals surface area contributed by atoms with E-state index in [1.807, 2.05) is 6.07 Å². The zero-order valence-corrected chi connectivity index (χ0v) is 13.5. The Balaban J connectivity index is 1.73. The van der Waals surface area contributed by atoms with Crippen molar-refractivity contribution in [1.29, 1.82) is 0 Å². The summed E-state index contributed by atoms with van der Waals surface area (Å²) in [7, 11) is 0. The molecule has 0 amide bonds. The van der Waals surface area contributed by atoms with Crippen molar-refractivity contribution in [3.05, 3.63) is 38.3 Å². The van der Waals surface area contributed by atoms with Crippen LogP contribution in [-0.4, -0.2) is 29.0 Å². The van der Waals surface area contributed by atoms with E-state index in [9.17, 15) is 10.1 Å². The molecule has 1 aliphatic carbocycles. The van der Waals surface area contributed by atoms with Crippen LogP contribution in [-0.2, 0) is 6.54 Å². The molecule has 2 N–H and O–H groups in total. The normalized spacial score (nSPS) is 29.3. The lowest BCUT2D eigenvalue weighted by Crippen LogP contribution is -2.38. The van der Waals surface area contributed by atoms with Crippen molar-refractivity contribution in [2.75, 3.05) is 13.1 Å². The van der Waals surface area contributed by atoms with E-state index in [-0.39, 0.29) is 10.6 Å². The monoisotopic (exact) mass is 353 g/mol. The quantitative estimate of drug-likeness (QED) is 0.669. The van der Waals surface area contributed by atoms with Crippen molar-refractivity contribution in [3.63, 3.8) is 0 Å². The van der Waals surface area contributed by atoms with Crippen molar-refractivity contribution in [2.24, 2.45) is 17.6 Å². The Labute approximate surface area is 132 Å². The molecule has 2 fully saturated rings. The molecule has 3 rings (SSSR count). The van der Waals surface area contributed by atoms with Crippen LogP contribution in [0.4, 0.5) is 5.69 Å². The Hall–Kier alpha value is -0.980. The molecule has 1 aliphatic heterocycles. The van der Waals surface area contributed by atoms with E-state index in [2.05, 4.69) is 20.8 Å². The minimum absolute atomic E-state index is 0.140. The van der Waals surface area contributed by atoms with E-state index in [0.29, 0.717) is 22.4 Å². The first-order valence-electron chi connectivity index (χ1n) is 7.46. The summed E-state index contributed by atoms with van der Waals surface area (Å²) in [5, 5.41) is 11.0. The first-order chi connectivity index (χ1) is 10.1. The lowest BCUT2D eigenvalue weighted by molar-refractivity contribution is -0.385. The van der Waals surface area contributed by atoms with Gasteiger partial charge in [0.15, 0.2) is 0 Å². The highest BCUT2D eigenvalue weighted by Gasteiger charge is 2.38. The lowest BCUT2D eigenvalue weighted by atomic mass is 9.78. The summed E-state index contributed by atoms with van der Waals surface area (Å²) in [6, 6.07) is 5.57. The molecule has 3 unspecified atom stereocenters. The number of nitrogens with two attached hydrogens (primary N) is 1. The molecular formula is C15H20BrN3O2. The third-order valence-electron chi connectivity index (χ3n) is 4.88. The summed E-state index contributed by atoms with van der Waals surface area (Å²) in [6.45, 7) is 2.83. The summed E-state index contributed by atoms with van der Waals surface area (Å²) in [5.74, 6) is 1.29. The number of rotatable bonds is 3. The van der Waals surface area contributed by atoms with Crippen molar-refractivity contribution in [3.8, 4) is 0 Å². The van der Waals surface area contributed by atoms with E-state index in [0.717, 1.165) is 31.6 Å². The van der Waals surface area contributed by atoms with Gasteiger partial charge in [0.1, 0.15) is 0 Å². The number of nitro groups is 1. The molecule has 2 aliphatic rings. The number of fused-ring (bicyclic) bond motifs is 1. The highest BCUT2D eigenvalue weighted by molar-refractivity contribution is 9.10. The fraction of sp³-hybridized carbons (Fsp3) is 0.600. The standard InChI is InChI=1S/C15H20BrN3O2/c16-15-11(4-2-6-14(15)19(20)21)8-18-7-10-3-1-5-13(17)12(10)9-18/h2,4,6,10,12-13H,1,3,5,7-9,17H2. The van der Waals surface area contributed by atoms with Gasteiger partial charge in [0.2, 0.25) is 0 Å². The van der Waals surface area contributed by atoms with E-state index in [1.165, 1.54) is 18.9 Å². The first kappa shape index (κ1) is 14.9. The van der Waals surface area contributed by atoms with Crippen LogP contribution in [0.2, 0.25) is 0 Å². The molecule has 0 bridgehead atoms. The number of hydrogen-bond donors (Lipinski definition) is 1. The van der Waals surface area contributed by atoms with Crippen molar-refractivity contribution >= 4 is 21.6 Å². The molecule has 6 heteroatoms. The van der Waals surface area contributed by atoms with Gasteiger partial charge in [0.25, 0.3) is 5.69 Å². The third kappa shape index (κ3) is 2.98. The second-order valence-corrected chi connectivity index (χ2v) is 7.01. The van der Waals surface area contributed by atoms with Crippen molar-refractivity contribution in [1.82, 2.24) is 4.90 Å². The van der Waals surface area contributed by atoms with Crippen LogP contribution < -0.4 is 5.73 Å². The Morgan fingerprint density at radius 2 is 2.19 bits per heavy atom. The number of halogens is 1. The lowest BCUT2D eigenvalue weighted by Gasteiger charge is -2.29. The molecule has 0 spiro atoms. The van der Waals surface area contributed by atoms with Gasteiger partial charge in [-0.3, -0.25) is 15.0 Å². The number of nitrogens with zero attached hydrogens (tertiary/aromatic N) is 2. The second kappa shape index (κ2) is 6.02. The summed E-state index contributed by atoms with van der Waals surface area (Å²) in [4.78, 5) is 13.1. The summed E-state index contributed by atoms with van der Waals surface area (Å²) in [6.07, 6.45) is 3.64. The van der Waals surface area contributed by atoms with Crippen LogP contribution in [0.15, 0.2) is 22.7 Å². The molecule has 0 radical (unpaired) electrons. The minimum atomic E-state index is -0.340. The van der Waals surface area contributed by atoms with E-state index in [4.69, 9.17) is 5.73 Å². The van der Waals surface area contributed by atoms with E-state index < -0.39 is 0 Å². The number of nitro benzene ring substituents is 1. The van der Waals surface area contributed by atoms with Gasteiger partial charge in [0.05, 0.1) is 9.40 Å². The van der Waals surface area contributed by atoms with Gasteiger partial charge in [-0.1, -0.05) is 18.6 Å². The Bertz CT molecular complexity index is 552. The molecule has 1 heterocycles. The first-order valence-corrected chi connectivity index (χ1v) is 8.25. The van der Waals surface area contributed by atoms with Gasteiger partial charge in [-0.05, 0) is 46.2 Å². The summed E-state index contributed by atoms with van der Waals surface area (Å²) in [5.41, 5.74) is 7.37. The van der Waals surface area contributed by atoms with Crippen LogP contribution in [0.25, 0.3) is 0 Å². The third-order valence-corrected chi connectivity index (χ3v) is 5.79.